The second-order valence-corrected chi connectivity index (χ2v) is 5.33. The number of amides is 2. The van der Waals surface area contributed by atoms with E-state index in [9.17, 15) is 9.59 Å². The molecule has 1 heterocycles. The highest BCUT2D eigenvalue weighted by atomic mass is 16.5. The Morgan fingerprint density at radius 2 is 1.83 bits per heavy atom. The molecule has 0 fully saturated rings. The molecule has 0 atom stereocenters. The fraction of sp³-hybridized carbons (Fsp3) is 0.235. The van der Waals surface area contributed by atoms with Crippen molar-refractivity contribution in [2.24, 2.45) is 0 Å². The van der Waals surface area contributed by atoms with E-state index in [-0.39, 0.29) is 6.03 Å². The monoisotopic (exact) mass is 311 g/mol. The molecule has 6 nitrogen and oxygen atoms in total. The van der Waals surface area contributed by atoms with Crippen molar-refractivity contribution >= 4 is 23.4 Å². The number of nitrogens with zero attached hydrogens (tertiary/aromatic N) is 1. The number of anilines is 2. The number of fused-ring (bicyclic) bond motifs is 1. The van der Waals surface area contributed by atoms with Crippen molar-refractivity contribution in [3.63, 3.8) is 0 Å². The molecular weight excluding hydrogens is 294 g/mol. The summed E-state index contributed by atoms with van der Waals surface area (Å²) in [6.07, 6.45) is 4.80. The minimum Gasteiger partial charge on any atom is -0.465 e. The number of ether oxygens (including phenoxy) is 1. The Bertz CT molecular complexity index is 741. The maximum atomic E-state index is 12.0. The fourth-order valence-corrected chi connectivity index (χ4v) is 2.60. The summed E-state index contributed by atoms with van der Waals surface area (Å²) in [4.78, 5) is 27.7. The molecule has 0 unspecified atom stereocenters. The van der Waals surface area contributed by atoms with E-state index < -0.39 is 5.97 Å². The first-order chi connectivity index (χ1) is 11.2. The van der Waals surface area contributed by atoms with Gasteiger partial charge in [-0.3, -0.25) is 4.98 Å². The molecule has 0 radical (unpaired) electrons. The van der Waals surface area contributed by atoms with Crippen LogP contribution in [0.4, 0.5) is 16.2 Å². The number of hydrogen-bond donors (Lipinski definition) is 2. The van der Waals surface area contributed by atoms with Gasteiger partial charge in [0.2, 0.25) is 0 Å². The molecule has 2 N–H and O–H groups in total. The maximum Gasteiger partial charge on any atom is 0.337 e. The minimum absolute atomic E-state index is 0.351. The van der Waals surface area contributed by atoms with Gasteiger partial charge in [0.05, 0.1) is 24.6 Å². The van der Waals surface area contributed by atoms with Crippen LogP contribution in [0.5, 0.6) is 0 Å². The summed E-state index contributed by atoms with van der Waals surface area (Å²) in [7, 11) is 1.33. The lowest BCUT2D eigenvalue weighted by Gasteiger charge is -2.09. The van der Waals surface area contributed by atoms with Crippen molar-refractivity contribution in [2.75, 3.05) is 17.7 Å². The Morgan fingerprint density at radius 3 is 2.57 bits per heavy atom. The number of esters is 1. The molecule has 1 aliphatic carbocycles. The molecule has 1 aromatic heterocycles. The van der Waals surface area contributed by atoms with E-state index >= 15 is 0 Å². The first-order valence-corrected chi connectivity index (χ1v) is 7.40. The standard InChI is InChI=1S/C17H17N3O3/c1-23-16(21)11-5-7-13(8-6-11)19-17(22)20-14-9-12-3-2-4-15(12)18-10-14/h5-10H,2-4H2,1H3,(H2,19,20,22). The van der Waals surface area contributed by atoms with Crippen LogP contribution in [-0.4, -0.2) is 24.1 Å². The molecule has 0 spiro atoms. The minimum atomic E-state index is -0.412. The van der Waals surface area contributed by atoms with Crippen LogP contribution in [0.25, 0.3) is 0 Å². The summed E-state index contributed by atoms with van der Waals surface area (Å²) in [5.41, 5.74) is 4.01. The van der Waals surface area contributed by atoms with Gasteiger partial charge in [-0.15, -0.1) is 0 Å². The number of rotatable bonds is 3. The van der Waals surface area contributed by atoms with Crippen LogP contribution < -0.4 is 10.6 Å². The number of carbonyl (C=O) groups excluding carboxylic acids is 2. The average Bonchev–Trinajstić information content (AvgIpc) is 3.02. The second-order valence-electron chi connectivity index (χ2n) is 5.33. The van der Waals surface area contributed by atoms with Gasteiger partial charge in [-0.25, -0.2) is 9.59 Å². The molecule has 0 saturated carbocycles. The van der Waals surface area contributed by atoms with Crippen LogP contribution in [0.3, 0.4) is 0 Å². The molecular formula is C17H17N3O3. The highest BCUT2D eigenvalue weighted by Crippen LogP contribution is 2.22. The lowest BCUT2D eigenvalue weighted by Crippen LogP contribution is -2.19. The Balaban J connectivity index is 1.62. The van der Waals surface area contributed by atoms with Crippen LogP contribution in [0.1, 0.15) is 28.0 Å². The first-order valence-electron chi connectivity index (χ1n) is 7.40. The smallest absolute Gasteiger partial charge is 0.337 e. The van der Waals surface area contributed by atoms with Crippen molar-refractivity contribution in [1.29, 1.82) is 0 Å². The van der Waals surface area contributed by atoms with Gasteiger partial charge in [0.15, 0.2) is 0 Å². The number of nitrogens with one attached hydrogen (secondary N) is 2. The van der Waals surface area contributed by atoms with Crippen molar-refractivity contribution in [2.45, 2.75) is 19.3 Å². The molecule has 1 aromatic carbocycles. The van der Waals surface area contributed by atoms with Gasteiger partial charge in [0.1, 0.15) is 0 Å². The molecule has 3 rings (SSSR count). The van der Waals surface area contributed by atoms with Crippen molar-refractivity contribution in [1.82, 2.24) is 4.98 Å². The number of pyridine rings is 1. The molecule has 2 aromatic rings. The molecule has 0 saturated heterocycles. The fourth-order valence-electron chi connectivity index (χ4n) is 2.60. The van der Waals surface area contributed by atoms with Gasteiger partial charge in [-0.05, 0) is 55.2 Å². The SMILES string of the molecule is COC(=O)c1ccc(NC(=O)Nc2cnc3c(c2)CCC3)cc1. The third kappa shape index (κ3) is 3.48. The molecule has 0 aliphatic heterocycles. The molecule has 0 bridgehead atoms. The number of carbonyl (C=O) groups is 2. The first kappa shape index (κ1) is 15.0. The summed E-state index contributed by atoms with van der Waals surface area (Å²) in [6.45, 7) is 0. The summed E-state index contributed by atoms with van der Waals surface area (Å²) in [6, 6.07) is 8.10. The highest BCUT2D eigenvalue weighted by molar-refractivity contribution is 6.00. The van der Waals surface area contributed by atoms with Crippen LogP contribution in [-0.2, 0) is 17.6 Å². The van der Waals surface area contributed by atoms with E-state index in [1.165, 1.54) is 12.7 Å². The highest BCUT2D eigenvalue weighted by Gasteiger charge is 2.13. The van der Waals surface area contributed by atoms with E-state index in [0.717, 1.165) is 25.0 Å². The van der Waals surface area contributed by atoms with Crippen molar-refractivity contribution in [3.05, 3.63) is 53.3 Å². The quantitative estimate of drug-likeness (QED) is 0.854. The lowest BCUT2D eigenvalue weighted by molar-refractivity contribution is 0.0601. The van der Waals surface area contributed by atoms with Crippen LogP contribution >= 0.6 is 0 Å². The summed E-state index contributed by atoms with van der Waals surface area (Å²) in [5, 5.41) is 5.48. The summed E-state index contributed by atoms with van der Waals surface area (Å²) < 4.78 is 4.63. The molecule has 118 valence electrons. The Morgan fingerprint density at radius 1 is 1.09 bits per heavy atom. The third-order valence-electron chi connectivity index (χ3n) is 3.74. The van der Waals surface area contributed by atoms with E-state index in [0.29, 0.717) is 16.9 Å². The lowest BCUT2D eigenvalue weighted by atomic mass is 10.2. The number of methoxy groups -OCH3 is 1. The number of aryl methyl sites for hydroxylation is 2. The van der Waals surface area contributed by atoms with Gasteiger partial charge in [0.25, 0.3) is 0 Å². The average molecular weight is 311 g/mol. The second kappa shape index (κ2) is 6.48. The summed E-state index contributed by atoms with van der Waals surface area (Å²) in [5.74, 6) is -0.412. The zero-order valence-electron chi connectivity index (χ0n) is 12.8. The van der Waals surface area contributed by atoms with Gasteiger partial charge in [0, 0.05) is 11.4 Å². The Hall–Kier alpha value is -2.89. The predicted molar refractivity (Wildman–Crippen MR) is 86.7 cm³/mol. The van der Waals surface area contributed by atoms with Gasteiger partial charge < -0.3 is 15.4 Å². The van der Waals surface area contributed by atoms with E-state index in [1.54, 1.807) is 30.5 Å². The zero-order valence-corrected chi connectivity index (χ0v) is 12.8. The molecule has 2 amide bonds. The predicted octanol–water partition coefficient (Wildman–Crippen LogP) is 3.00. The Kier molecular flexibility index (Phi) is 4.23. The van der Waals surface area contributed by atoms with Gasteiger partial charge in [-0.1, -0.05) is 0 Å². The zero-order chi connectivity index (χ0) is 16.2. The molecule has 1 aliphatic rings. The largest absolute Gasteiger partial charge is 0.465 e. The third-order valence-corrected chi connectivity index (χ3v) is 3.74. The maximum absolute atomic E-state index is 12.0. The van der Waals surface area contributed by atoms with Gasteiger partial charge in [-0.2, -0.15) is 0 Å². The van der Waals surface area contributed by atoms with Crippen LogP contribution in [0, 0.1) is 0 Å². The van der Waals surface area contributed by atoms with Crippen LogP contribution in [0.15, 0.2) is 36.5 Å². The Labute approximate surface area is 133 Å². The van der Waals surface area contributed by atoms with E-state index in [1.807, 2.05) is 6.07 Å². The van der Waals surface area contributed by atoms with Crippen molar-refractivity contribution < 1.29 is 14.3 Å². The van der Waals surface area contributed by atoms with E-state index in [4.69, 9.17) is 0 Å². The summed E-state index contributed by atoms with van der Waals surface area (Å²) >= 11 is 0. The number of urea groups is 1. The molecule has 23 heavy (non-hydrogen) atoms. The van der Waals surface area contributed by atoms with Crippen LogP contribution in [0.2, 0.25) is 0 Å². The van der Waals surface area contributed by atoms with E-state index in [2.05, 4.69) is 20.4 Å². The number of hydrogen-bond acceptors (Lipinski definition) is 4. The topological polar surface area (TPSA) is 80.3 Å². The molecule has 6 heteroatoms. The number of aromatic nitrogens is 1. The van der Waals surface area contributed by atoms with Gasteiger partial charge >= 0.3 is 12.0 Å². The van der Waals surface area contributed by atoms with Crippen molar-refractivity contribution in [3.8, 4) is 0 Å². The normalized spacial score (nSPS) is 12.4. The number of benzene rings is 1.